The number of carboxylic acids is 2. The van der Waals surface area contributed by atoms with E-state index in [0.717, 1.165) is 11.1 Å². The molecule has 4 rings (SSSR count). The first-order valence-corrected chi connectivity index (χ1v) is 10.6. The zero-order chi connectivity index (χ0) is 28.0. The van der Waals surface area contributed by atoms with Crippen molar-refractivity contribution in [3.63, 3.8) is 0 Å². The highest BCUT2D eigenvalue weighted by atomic mass is 19.4. The molecule has 1 aromatic heterocycles. The second-order valence-corrected chi connectivity index (χ2v) is 8.58. The summed E-state index contributed by atoms with van der Waals surface area (Å²) in [6, 6.07) is 0.442. The molecule has 0 radical (unpaired) electrons. The number of aromatic carboxylic acids is 1. The minimum Gasteiger partial charge on any atom is -0.477 e. The molecule has 2 aromatic rings. The van der Waals surface area contributed by atoms with Crippen LogP contribution in [0.25, 0.3) is 10.9 Å². The first-order valence-electron chi connectivity index (χ1n) is 10.6. The summed E-state index contributed by atoms with van der Waals surface area (Å²) in [5, 5.41) is 15.9. The maximum atomic E-state index is 15.5. The summed E-state index contributed by atoms with van der Waals surface area (Å²) in [7, 11) is 0. The monoisotopic (exact) mass is 545 g/mol. The van der Waals surface area contributed by atoms with Crippen LogP contribution in [0.2, 0.25) is 0 Å². The van der Waals surface area contributed by atoms with Crippen molar-refractivity contribution in [2.75, 3.05) is 24.5 Å². The van der Waals surface area contributed by atoms with Crippen LogP contribution in [-0.2, 0) is 4.79 Å². The molecule has 1 saturated carbocycles. The number of carboxylic acid groups (broad SMARTS) is 2. The molecule has 0 amide bonds. The Morgan fingerprint density at radius 1 is 1.05 bits per heavy atom. The van der Waals surface area contributed by atoms with Crippen LogP contribution in [0.3, 0.4) is 0 Å². The minimum absolute atomic E-state index is 0.266. The molecule has 1 aliphatic carbocycles. The summed E-state index contributed by atoms with van der Waals surface area (Å²) in [5.74, 6) is -9.55. The number of fused-ring (bicyclic) bond motifs is 1. The van der Waals surface area contributed by atoms with Gasteiger partial charge >= 0.3 is 24.3 Å². The van der Waals surface area contributed by atoms with Crippen LogP contribution in [-0.4, -0.2) is 58.7 Å². The highest BCUT2D eigenvalue weighted by Gasteiger charge is 2.50. The first kappa shape index (κ1) is 28.1. The second-order valence-electron chi connectivity index (χ2n) is 8.58. The molecule has 2 aliphatic rings. The Morgan fingerprint density at radius 3 is 2.03 bits per heavy atom. The van der Waals surface area contributed by atoms with Crippen molar-refractivity contribution in [1.82, 2.24) is 4.57 Å². The van der Waals surface area contributed by atoms with Crippen molar-refractivity contribution in [1.29, 1.82) is 0 Å². The molecular weight excluding hydrogens is 526 g/mol. The Kier molecular flexibility index (Phi) is 7.45. The SMILES string of the molecule is NC[C@@H]1CN(c2c(F)cc3c(=O)c(C(=O)O)cn(C4CC4)c3c2F)C[C@H]1C(F)(F)F.O=C(O)C(F)(F)F. The van der Waals surface area contributed by atoms with E-state index in [2.05, 4.69) is 0 Å². The molecule has 4 N–H and O–H groups in total. The van der Waals surface area contributed by atoms with Gasteiger partial charge in [0.1, 0.15) is 17.1 Å². The molecule has 204 valence electrons. The van der Waals surface area contributed by atoms with E-state index in [1.54, 1.807) is 0 Å². The van der Waals surface area contributed by atoms with Crippen LogP contribution in [0.5, 0.6) is 0 Å². The van der Waals surface area contributed by atoms with Gasteiger partial charge in [-0.2, -0.15) is 26.3 Å². The number of anilines is 1. The number of rotatable bonds is 4. The first-order chi connectivity index (χ1) is 17.0. The average Bonchev–Trinajstić information content (AvgIpc) is 3.51. The molecular formula is C21H19F8N3O5. The summed E-state index contributed by atoms with van der Waals surface area (Å²) in [4.78, 5) is 33.7. The van der Waals surface area contributed by atoms with Crippen LogP contribution in [0.15, 0.2) is 17.1 Å². The highest BCUT2D eigenvalue weighted by molar-refractivity contribution is 5.94. The number of aliphatic carboxylic acids is 1. The molecule has 0 unspecified atom stereocenters. The van der Waals surface area contributed by atoms with Gasteiger partial charge in [0.05, 0.1) is 16.8 Å². The maximum Gasteiger partial charge on any atom is 0.490 e. The number of alkyl halides is 6. The Hall–Kier alpha value is -3.43. The van der Waals surface area contributed by atoms with E-state index in [9.17, 15) is 45.4 Å². The number of carbonyl (C=O) groups is 2. The van der Waals surface area contributed by atoms with Crippen molar-refractivity contribution in [2.24, 2.45) is 17.6 Å². The third-order valence-electron chi connectivity index (χ3n) is 6.08. The van der Waals surface area contributed by atoms with E-state index in [1.807, 2.05) is 0 Å². The highest BCUT2D eigenvalue weighted by Crippen LogP contribution is 2.43. The lowest BCUT2D eigenvalue weighted by atomic mass is 9.96. The van der Waals surface area contributed by atoms with Gasteiger partial charge in [0, 0.05) is 31.2 Å². The summed E-state index contributed by atoms with van der Waals surface area (Å²) in [6.45, 7) is -1.25. The molecule has 1 aliphatic heterocycles. The number of halogens is 8. The normalized spacial score (nSPS) is 20.1. The number of benzene rings is 1. The van der Waals surface area contributed by atoms with Crippen molar-refractivity contribution < 1.29 is 54.9 Å². The Labute approximate surface area is 201 Å². The average molecular weight is 545 g/mol. The minimum atomic E-state index is -5.08. The third kappa shape index (κ3) is 5.62. The van der Waals surface area contributed by atoms with Gasteiger partial charge in [-0.1, -0.05) is 0 Å². The quantitative estimate of drug-likeness (QED) is 0.502. The van der Waals surface area contributed by atoms with Gasteiger partial charge in [-0.15, -0.1) is 0 Å². The van der Waals surface area contributed by atoms with Gasteiger partial charge in [0.15, 0.2) is 5.82 Å². The summed E-state index contributed by atoms with van der Waals surface area (Å²) < 4.78 is 103. The smallest absolute Gasteiger partial charge is 0.477 e. The molecule has 1 aromatic carbocycles. The zero-order valence-electron chi connectivity index (χ0n) is 18.5. The van der Waals surface area contributed by atoms with Crippen LogP contribution < -0.4 is 16.1 Å². The maximum absolute atomic E-state index is 15.5. The zero-order valence-corrected chi connectivity index (χ0v) is 18.5. The van der Waals surface area contributed by atoms with Crippen molar-refractivity contribution in [3.05, 3.63) is 39.7 Å². The molecule has 2 fully saturated rings. The van der Waals surface area contributed by atoms with E-state index in [1.165, 1.54) is 4.57 Å². The van der Waals surface area contributed by atoms with E-state index in [0.29, 0.717) is 18.9 Å². The molecule has 0 bridgehead atoms. The van der Waals surface area contributed by atoms with Gasteiger partial charge in [0.25, 0.3) is 0 Å². The Balaban J connectivity index is 0.000000479. The van der Waals surface area contributed by atoms with Crippen LogP contribution in [0, 0.1) is 23.5 Å². The fraction of sp³-hybridized carbons (Fsp3) is 0.476. The second kappa shape index (κ2) is 9.79. The van der Waals surface area contributed by atoms with Gasteiger partial charge in [-0.25, -0.2) is 18.4 Å². The Morgan fingerprint density at radius 2 is 1.62 bits per heavy atom. The van der Waals surface area contributed by atoms with Crippen LogP contribution in [0.4, 0.5) is 40.8 Å². The Bertz CT molecular complexity index is 1290. The van der Waals surface area contributed by atoms with Gasteiger partial charge in [-0.3, -0.25) is 4.79 Å². The number of nitrogens with zero attached hydrogens (tertiary/aromatic N) is 2. The van der Waals surface area contributed by atoms with Crippen molar-refractivity contribution in [3.8, 4) is 0 Å². The summed E-state index contributed by atoms with van der Waals surface area (Å²) in [6.07, 6.45) is -7.42. The third-order valence-corrected chi connectivity index (χ3v) is 6.08. The van der Waals surface area contributed by atoms with Crippen LogP contribution in [0.1, 0.15) is 29.2 Å². The lowest BCUT2D eigenvalue weighted by molar-refractivity contribution is -0.192. The number of hydrogen-bond donors (Lipinski definition) is 3. The molecule has 2 atom stereocenters. The van der Waals surface area contributed by atoms with Gasteiger partial charge in [-0.05, 0) is 25.5 Å². The lowest BCUT2D eigenvalue weighted by Crippen LogP contribution is -2.33. The van der Waals surface area contributed by atoms with Crippen molar-refractivity contribution in [2.45, 2.75) is 31.2 Å². The summed E-state index contributed by atoms with van der Waals surface area (Å²) >= 11 is 0. The number of hydrogen-bond acceptors (Lipinski definition) is 5. The van der Waals surface area contributed by atoms with Crippen molar-refractivity contribution >= 4 is 28.5 Å². The molecule has 2 heterocycles. The predicted molar refractivity (Wildman–Crippen MR) is 111 cm³/mol. The topological polar surface area (TPSA) is 126 Å². The van der Waals surface area contributed by atoms with Gasteiger partial charge in [0.2, 0.25) is 5.43 Å². The molecule has 0 spiro atoms. The molecule has 8 nitrogen and oxygen atoms in total. The molecule has 1 saturated heterocycles. The largest absolute Gasteiger partial charge is 0.490 e. The predicted octanol–water partition coefficient (Wildman–Crippen LogP) is 3.52. The van der Waals surface area contributed by atoms with E-state index < -0.39 is 76.4 Å². The standard InChI is InChI=1S/C19H18F5N3O3.C2HF3O2/c20-13-3-10-15(27(9-1-2-9)6-11(17(10)28)18(29)30)14(21)16(13)26-5-8(4-25)12(7-26)19(22,23)24;3-2(4,5)1(6)7/h3,6,8-9,12H,1-2,4-5,7,25H2,(H,29,30);(H,6,7)/t8-,12-;/m1./s1. The van der Waals surface area contributed by atoms with E-state index in [-0.39, 0.29) is 24.6 Å². The number of aromatic nitrogens is 1. The number of pyridine rings is 1. The lowest BCUT2D eigenvalue weighted by Gasteiger charge is -2.23. The summed E-state index contributed by atoms with van der Waals surface area (Å²) in [5.41, 5.74) is 2.81. The molecule has 37 heavy (non-hydrogen) atoms. The molecule has 16 heteroatoms. The van der Waals surface area contributed by atoms with E-state index >= 15 is 4.39 Å². The van der Waals surface area contributed by atoms with Gasteiger partial charge < -0.3 is 25.4 Å². The fourth-order valence-corrected chi connectivity index (χ4v) is 4.18. The van der Waals surface area contributed by atoms with Crippen LogP contribution >= 0.6 is 0 Å². The fourth-order valence-electron chi connectivity index (χ4n) is 4.18. The number of nitrogens with two attached hydrogens (primary N) is 1. The van der Waals surface area contributed by atoms with E-state index in [4.69, 9.17) is 15.6 Å².